The molecule has 0 amide bonds. The van der Waals surface area contributed by atoms with Gasteiger partial charge >= 0.3 is 0 Å². The van der Waals surface area contributed by atoms with Crippen molar-refractivity contribution < 1.29 is 0 Å². The van der Waals surface area contributed by atoms with Crippen molar-refractivity contribution in [2.75, 3.05) is 14.1 Å². The van der Waals surface area contributed by atoms with Crippen LogP contribution in [0.15, 0.2) is 10.6 Å². The Morgan fingerprint density at radius 2 is 1.61 bits per heavy atom. The van der Waals surface area contributed by atoms with E-state index in [1.54, 1.807) is 14.1 Å². The SMILES string of the molecule is CN(N=O)[C@@H]1[C@@H]2CC[C@](C)([C@@H]1N(C)N=O)C2(C)C. The smallest absolute Gasteiger partial charge is 0.0781 e. The van der Waals surface area contributed by atoms with E-state index in [0.29, 0.717) is 5.92 Å². The van der Waals surface area contributed by atoms with E-state index in [-0.39, 0.29) is 22.9 Å². The van der Waals surface area contributed by atoms with Gasteiger partial charge in [-0.25, -0.2) is 0 Å². The molecule has 0 radical (unpaired) electrons. The third kappa shape index (κ3) is 1.34. The number of likely N-dealkylation sites (N-methyl/N-ethyl adjacent to an activating group) is 2. The topological polar surface area (TPSA) is 65.3 Å². The third-order valence-corrected chi connectivity index (χ3v) is 5.85. The molecule has 2 bridgehead atoms. The van der Waals surface area contributed by atoms with Gasteiger partial charge in [0.05, 0.1) is 22.7 Å². The number of hydrogen-bond acceptors (Lipinski definition) is 4. The van der Waals surface area contributed by atoms with Gasteiger partial charge in [-0.3, -0.25) is 10.0 Å². The standard InChI is InChI=1S/C12H22N4O2/c1-11(2)8-6-7-12(11,3)10(16(5)14-18)9(8)15(4)13-17/h8-10H,6-7H2,1-5H3/t8-,9+,10+,12+/m0/s1. The first-order chi connectivity index (χ1) is 8.31. The van der Waals surface area contributed by atoms with Gasteiger partial charge in [0, 0.05) is 14.1 Å². The van der Waals surface area contributed by atoms with E-state index in [0.717, 1.165) is 12.8 Å². The van der Waals surface area contributed by atoms with Crippen molar-refractivity contribution in [3.8, 4) is 0 Å². The molecule has 0 unspecified atom stereocenters. The molecule has 0 aliphatic heterocycles. The third-order valence-electron chi connectivity index (χ3n) is 5.85. The zero-order valence-electron chi connectivity index (χ0n) is 11.8. The molecule has 0 N–H and O–H groups in total. The molecule has 2 aliphatic rings. The second kappa shape index (κ2) is 3.90. The minimum atomic E-state index is -0.0496. The Morgan fingerprint density at radius 3 is 2.11 bits per heavy atom. The molecular formula is C12H22N4O2. The van der Waals surface area contributed by atoms with Gasteiger partial charge in [0.15, 0.2) is 0 Å². The largest absolute Gasteiger partial charge is 0.258 e. The highest BCUT2D eigenvalue weighted by Gasteiger charge is 2.68. The summed E-state index contributed by atoms with van der Waals surface area (Å²) in [5, 5.41) is 9.10. The van der Waals surface area contributed by atoms with Crippen molar-refractivity contribution in [1.29, 1.82) is 0 Å². The zero-order valence-corrected chi connectivity index (χ0v) is 11.8. The Bertz CT molecular complexity index is 373. The van der Waals surface area contributed by atoms with E-state index in [1.807, 2.05) is 0 Å². The summed E-state index contributed by atoms with van der Waals surface area (Å²) in [6, 6.07) is -0.0783. The molecule has 0 aromatic carbocycles. The first-order valence-corrected chi connectivity index (χ1v) is 6.43. The summed E-state index contributed by atoms with van der Waals surface area (Å²) in [7, 11) is 3.40. The Morgan fingerprint density at radius 1 is 1.06 bits per heavy atom. The van der Waals surface area contributed by atoms with Crippen LogP contribution in [0, 0.1) is 26.6 Å². The first-order valence-electron chi connectivity index (χ1n) is 6.43. The highest BCUT2D eigenvalue weighted by molar-refractivity contribution is 5.19. The summed E-state index contributed by atoms with van der Waals surface area (Å²) in [5.74, 6) is 0.374. The molecule has 2 rings (SSSR count). The van der Waals surface area contributed by atoms with Crippen LogP contribution in [0.5, 0.6) is 0 Å². The maximum absolute atomic E-state index is 10.9. The van der Waals surface area contributed by atoms with Crippen LogP contribution in [0.3, 0.4) is 0 Å². The molecule has 102 valence electrons. The van der Waals surface area contributed by atoms with Gasteiger partial charge in [-0.15, -0.1) is 9.81 Å². The summed E-state index contributed by atoms with van der Waals surface area (Å²) in [6.07, 6.45) is 2.15. The van der Waals surface area contributed by atoms with Gasteiger partial charge < -0.3 is 0 Å². The lowest BCUT2D eigenvalue weighted by Crippen LogP contribution is -2.52. The molecule has 0 aromatic rings. The maximum Gasteiger partial charge on any atom is 0.0781 e. The minimum absolute atomic E-state index is 0.00998. The highest BCUT2D eigenvalue weighted by atomic mass is 16.3. The van der Waals surface area contributed by atoms with Crippen molar-refractivity contribution in [3.05, 3.63) is 9.81 Å². The summed E-state index contributed by atoms with van der Waals surface area (Å²) in [4.78, 5) is 21.8. The van der Waals surface area contributed by atoms with E-state index in [4.69, 9.17) is 0 Å². The van der Waals surface area contributed by atoms with Crippen LogP contribution in [0.2, 0.25) is 0 Å². The van der Waals surface area contributed by atoms with Crippen LogP contribution < -0.4 is 0 Å². The monoisotopic (exact) mass is 254 g/mol. The van der Waals surface area contributed by atoms with Crippen LogP contribution >= 0.6 is 0 Å². The number of fused-ring (bicyclic) bond motifs is 2. The van der Waals surface area contributed by atoms with Crippen LogP contribution in [0.1, 0.15) is 33.6 Å². The second-order valence-corrected chi connectivity index (χ2v) is 6.53. The second-order valence-electron chi connectivity index (χ2n) is 6.53. The van der Waals surface area contributed by atoms with Gasteiger partial charge in [-0.2, -0.15) is 0 Å². The fourth-order valence-corrected chi connectivity index (χ4v) is 4.49. The summed E-state index contributed by atoms with van der Waals surface area (Å²) >= 11 is 0. The van der Waals surface area contributed by atoms with Gasteiger partial charge in [0.25, 0.3) is 0 Å². The fraction of sp³-hybridized carbons (Fsp3) is 1.00. The predicted octanol–water partition coefficient (Wildman–Crippen LogP) is 2.41. The maximum atomic E-state index is 10.9. The van der Waals surface area contributed by atoms with Gasteiger partial charge in [-0.1, -0.05) is 20.8 Å². The lowest BCUT2D eigenvalue weighted by molar-refractivity contribution is 0.0243. The molecule has 2 saturated carbocycles. The van der Waals surface area contributed by atoms with E-state index in [2.05, 4.69) is 31.3 Å². The molecule has 6 nitrogen and oxygen atoms in total. The molecule has 2 aliphatic carbocycles. The van der Waals surface area contributed by atoms with Crippen LogP contribution in [0.25, 0.3) is 0 Å². The Balaban J connectivity index is 2.47. The zero-order chi connectivity index (χ0) is 13.7. The molecule has 6 heteroatoms. The van der Waals surface area contributed by atoms with E-state index in [9.17, 15) is 9.81 Å². The molecule has 0 aromatic heterocycles. The van der Waals surface area contributed by atoms with Gasteiger partial charge in [-0.05, 0) is 29.6 Å². The van der Waals surface area contributed by atoms with E-state index >= 15 is 0 Å². The molecule has 2 fully saturated rings. The molecule has 4 atom stereocenters. The fourth-order valence-electron chi connectivity index (χ4n) is 4.49. The summed E-state index contributed by atoms with van der Waals surface area (Å²) in [5.41, 5.74) is 0.0736. The quantitative estimate of drug-likeness (QED) is 0.571. The van der Waals surface area contributed by atoms with E-state index in [1.165, 1.54) is 10.0 Å². The van der Waals surface area contributed by atoms with Crippen molar-refractivity contribution in [1.82, 2.24) is 10.0 Å². The van der Waals surface area contributed by atoms with Crippen molar-refractivity contribution in [2.24, 2.45) is 27.3 Å². The molecular weight excluding hydrogens is 232 g/mol. The number of nitroso groups, excluding NO2 is 2. The minimum Gasteiger partial charge on any atom is -0.258 e. The summed E-state index contributed by atoms with van der Waals surface area (Å²) < 4.78 is 0. The molecule has 0 spiro atoms. The number of nitrogens with zero attached hydrogens (tertiary/aromatic N) is 4. The van der Waals surface area contributed by atoms with Crippen LogP contribution in [-0.2, 0) is 0 Å². The summed E-state index contributed by atoms with van der Waals surface area (Å²) in [6.45, 7) is 6.67. The van der Waals surface area contributed by atoms with Crippen molar-refractivity contribution in [2.45, 2.75) is 45.7 Å². The van der Waals surface area contributed by atoms with Crippen LogP contribution in [0.4, 0.5) is 0 Å². The lowest BCUT2D eigenvalue weighted by Gasteiger charge is -2.43. The molecule has 18 heavy (non-hydrogen) atoms. The van der Waals surface area contributed by atoms with Gasteiger partial charge in [0.1, 0.15) is 0 Å². The van der Waals surface area contributed by atoms with Crippen molar-refractivity contribution in [3.63, 3.8) is 0 Å². The number of rotatable bonds is 4. The Hall–Kier alpha value is -1.20. The predicted molar refractivity (Wildman–Crippen MR) is 69.3 cm³/mol. The van der Waals surface area contributed by atoms with Crippen molar-refractivity contribution >= 4 is 0 Å². The van der Waals surface area contributed by atoms with Crippen LogP contribution in [-0.4, -0.2) is 36.2 Å². The average Bonchev–Trinajstić information content (AvgIpc) is 2.67. The average molecular weight is 254 g/mol. The Labute approximate surface area is 108 Å². The molecule has 0 saturated heterocycles. The Kier molecular flexibility index (Phi) is 2.87. The van der Waals surface area contributed by atoms with Gasteiger partial charge in [0.2, 0.25) is 0 Å². The lowest BCUT2D eigenvalue weighted by atomic mass is 9.69. The van der Waals surface area contributed by atoms with E-state index < -0.39 is 0 Å². The molecule has 0 heterocycles. The normalized spacial score (nSPS) is 40.6. The number of hydrogen-bond donors (Lipinski definition) is 0. The highest BCUT2D eigenvalue weighted by Crippen LogP contribution is 2.67. The first kappa shape index (κ1) is 13.2.